The number of aromatic nitrogens is 5. The van der Waals surface area contributed by atoms with Gasteiger partial charge in [-0.15, -0.1) is 0 Å². The molecular weight excluding hydrogens is 638 g/mol. The number of benzene rings is 2. The zero-order valence-corrected chi connectivity index (χ0v) is 25.4. The summed E-state index contributed by atoms with van der Waals surface area (Å²) in [5.74, 6) is -2.82. The van der Waals surface area contributed by atoms with Crippen molar-refractivity contribution in [1.82, 2.24) is 35.3 Å². The minimum atomic E-state index is -0.944. The van der Waals surface area contributed by atoms with E-state index < -0.39 is 34.2 Å². The van der Waals surface area contributed by atoms with Crippen LogP contribution in [0.25, 0.3) is 17.2 Å². The molecule has 246 valence electrons. The maximum atomic E-state index is 13.5. The highest BCUT2D eigenvalue weighted by atomic mass is 16.5. The van der Waals surface area contributed by atoms with Gasteiger partial charge in [-0.05, 0) is 64.4 Å². The molecule has 1 atom stereocenters. The average molecular weight is 664 g/mol. The molecule has 0 saturated carbocycles. The number of fused-ring (bicyclic) bond motifs is 3. The number of anilines is 2. The smallest absolute Gasteiger partial charge is 0.394 e. The van der Waals surface area contributed by atoms with Crippen LogP contribution in [0, 0.1) is 0 Å². The molecule has 0 spiro atoms. The van der Waals surface area contributed by atoms with E-state index in [1.807, 2.05) is 30.3 Å². The average Bonchev–Trinajstić information content (AvgIpc) is 3.84. The molecule has 17 heteroatoms. The molecule has 2 amide bonds. The van der Waals surface area contributed by atoms with E-state index in [2.05, 4.69) is 35.4 Å². The first-order valence-electron chi connectivity index (χ1n) is 15.3. The monoisotopic (exact) mass is 663 g/mol. The van der Waals surface area contributed by atoms with Gasteiger partial charge in [-0.25, -0.2) is 19.0 Å². The van der Waals surface area contributed by atoms with Gasteiger partial charge in [0.05, 0.1) is 6.04 Å². The summed E-state index contributed by atoms with van der Waals surface area (Å²) in [7, 11) is 0. The van der Waals surface area contributed by atoms with Crippen molar-refractivity contribution in [3.05, 3.63) is 123 Å². The number of aryl methyl sites for hydroxylation is 1. The van der Waals surface area contributed by atoms with Crippen LogP contribution >= 0.6 is 0 Å². The molecule has 3 aromatic heterocycles. The van der Waals surface area contributed by atoms with Crippen molar-refractivity contribution < 1.29 is 18.6 Å². The van der Waals surface area contributed by atoms with E-state index in [-0.39, 0.29) is 41.1 Å². The Morgan fingerprint density at radius 2 is 1.80 bits per heavy atom. The minimum Gasteiger partial charge on any atom is -0.394 e. The van der Waals surface area contributed by atoms with Crippen molar-refractivity contribution in [3.63, 3.8) is 0 Å². The van der Waals surface area contributed by atoms with Gasteiger partial charge in [0, 0.05) is 25.2 Å². The lowest BCUT2D eigenvalue weighted by Gasteiger charge is -2.32. The molecular formula is C32H25N9O8. The summed E-state index contributed by atoms with van der Waals surface area (Å²) >= 11 is 0. The summed E-state index contributed by atoms with van der Waals surface area (Å²) in [6, 6.07) is 12.0. The first-order chi connectivity index (χ1) is 23.6. The molecule has 49 heavy (non-hydrogen) atoms. The number of H-pyrrole nitrogens is 1. The second-order valence-corrected chi connectivity index (χ2v) is 11.9. The van der Waals surface area contributed by atoms with Gasteiger partial charge in [0.1, 0.15) is 22.8 Å². The van der Waals surface area contributed by atoms with Gasteiger partial charge in [0.25, 0.3) is 28.4 Å². The molecule has 1 aliphatic heterocycles. The fourth-order valence-corrected chi connectivity index (χ4v) is 6.53. The predicted molar refractivity (Wildman–Crippen MR) is 171 cm³/mol. The van der Waals surface area contributed by atoms with Crippen LogP contribution in [-0.2, 0) is 25.9 Å². The van der Waals surface area contributed by atoms with Crippen LogP contribution in [-0.4, -0.2) is 43.0 Å². The number of rotatable bonds is 7. The number of nitrogens with zero attached hydrogens (tertiary/aromatic N) is 5. The Morgan fingerprint density at radius 1 is 0.939 bits per heavy atom. The van der Waals surface area contributed by atoms with Crippen LogP contribution in [0.4, 0.5) is 11.4 Å². The largest absolute Gasteiger partial charge is 0.448 e. The molecule has 6 aromatic rings. The van der Waals surface area contributed by atoms with Crippen LogP contribution < -0.4 is 43.6 Å². The molecule has 17 nitrogen and oxygen atoms in total. The molecule has 1 aliphatic carbocycles. The summed E-state index contributed by atoms with van der Waals surface area (Å²) in [5, 5.41) is 13.1. The lowest BCUT2D eigenvalue weighted by molar-refractivity contribution is 0.0931. The van der Waals surface area contributed by atoms with Gasteiger partial charge >= 0.3 is 11.5 Å². The fourth-order valence-electron chi connectivity index (χ4n) is 6.53. The van der Waals surface area contributed by atoms with Crippen molar-refractivity contribution in [2.24, 2.45) is 0 Å². The van der Waals surface area contributed by atoms with Gasteiger partial charge in [-0.2, -0.15) is 0 Å². The van der Waals surface area contributed by atoms with Crippen molar-refractivity contribution in [2.45, 2.75) is 38.4 Å². The molecule has 8 rings (SSSR count). The topological polar surface area (TPSA) is 241 Å². The van der Waals surface area contributed by atoms with Crippen LogP contribution in [0.3, 0.4) is 0 Å². The van der Waals surface area contributed by atoms with Crippen LogP contribution in [0.2, 0.25) is 0 Å². The SMILES string of the molecule is Nc1c(N2CCc3ccc(CNC(=O)c4cc(C(=O)N[C@H]5CCc6cc(-c7noc(=O)[nH]7)ccc65)nc5noc(=O)n45)cc3C2)c(=O)c1=O. The second kappa shape index (κ2) is 11.3. The Hall–Kier alpha value is -6.65. The number of carbonyl (C=O) groups is 2. The first kappa shape index (κ1) is 29.7. The van der Waals surface area contributed by atoms with E-state index in [0.29, 0.717) is 43.7 Å². The third-order valence-electron chi connectivity index (χ3n) is 9.00. The highest BCUT2D eigenvalue weighted by Crippen LogP contribution is 2.34. The summed E-state index contributed by atoms with van der Waals surface area (Å²) < 4.78 is 10.2. The number of hydrogen-bond acceptors (Lipinski definition) is 13. The molecule has 0 radical (unpaired) electrons. The summed E-state index contributed by atoms with van der Waals surface area (Å²) in [6.45, 7) is 0.990. The van der Waals surface area contributed by atoms with Crippen molar-refractivity contribution in [1.29, 1.82) is 0 Å². The number of nitrogens with two attached hydrogens (primary N) is 1. The van der Waals surface area contributed by atoms with Gasteiger partial charge in [0.15, 0.2) is 5.82 Å². The summed E-state index contributed by atoms with van der Waals surface area (Å²) in [5.41, 5.74) is 9.62. The zero-order valence-electron chi connectivity index (χ0n) is 25.4. The molecule has 0 bridgehead atoms. The number of aromatic amines is 1. The number of amides is 2. The quantitative estimate of drug-likeness (QED) is 0.166. The molecule has 0 saturated heterocycles. The highest BCUT2D eigenvalue weighted by Gasteiger charge is 2.29. The van der Waals surface area contributed by atoms with E-state index in [1.165, 1.54) is 6.07 Å². The Morgan fingerprint density at radius 3 is 2.59 bits per heavy atom. The normalized spacial score (nSPS) is 15.3. The third-order valence-corrected chi connectivity index (χ3v) is 9.00. The summed E-state index contributed by atoms with van der Waals surface area (Å²) in [4.78, 5) is 82.9. The summed E-state index contributed by atoms with van der Waals surface area (Å²) in [6.07, 6.45) is 1.89. The molecule has 0 fully saturated rings. The molecule has 5 N–H and O–H groups in total. The lowest BCUT2D eigenvalue weighted by atomic mass is 9.96. The number of hydrogen-bond donors (Lipinski definition) is 4. The van der Waals surface area contributed by atoms with Crippen LogP contribution in [0.15, 0.2) is 70.7 Å². The number of nitrogens with one attached hydrogen (secondary N) is 3. The Bertz CT molecular complexity index is 2530. The second-order valence-electron chi connectivity index (χ2n) is 11.9. The maximum absolute atomic E-state index is 13.5. The van der Waals surface area contributed by atoms with Crippen LogP contribution in [0.1, 0.15) is 61.3 Å². The Kier molecular flexibility index (Phi) is 6.83. The van der Waals surface area contributed by atoms with Gasteiger partial charge in [-0.3, -0.25) is 33.2 Å². The molecule has 4 heterocycles. The standard InChI is InChI=1S/C32H25N9O8/c33-23-24(26(43)25(23)42)40-8-7-15-2-1-14(9-18(15)13-40)12-34-29(45)22-11-21(36-30-39-49-32(47)41(22)30)28(44)35-20-6-4-16-10-17(3-5-19(16)20)27-37-31(46)48-38-27/h1-3,5,9-11,20H,4,6-8,12-13,33H2,(H,34,45)(H,35,44)(H,37,38,46)/t20-/m0/s1. The zero-order chi connectivity index (χ0) is 34.0. The van der Waals surface area contributed by atoms with Gasteiger partial charge in [-0.1, -0.05) is 35.5 Å². The Labute approximate surface area is 273 Å². The number of nitrogen functional groups attached to an aromatic ring is 1. The molecule has 3 aromatic carbocycles. The van der Waals surface area contributed by atoms with Crippen molar-refractivity contribution >= 4 is 29.0 Å². The third kappa shape index (κ3) is 5.07. The van der Waals surface area contributed by atoms with E-state index in [9.17, 15) is 28.8 Å². The predicted octanol–water partition coefficient (Wildman–Crippen LogP) is 0.114. The van der Waals surface area contributed by atoms with Crippen molar-refractivity contribution in [2.75, 3.05) is 17.2 Å². The molecule has 2 aliphatic rings. The minimum absolute atomic E-state index is 0.0251. The molecule has 0 unspecified atom stereocenters. The fraction of sp³-hybridized carbons (Fsp3) is 0.219. The first-order valence-corrected chi connectivity index (χ1v) is 15.3. The van der Waals surface area contributed by atoms with Crippen molar-refractivity contribution in [3.8, 4) is 11.4 Å². The van der Waals surface area contributed by atoms with Gasteiger partial charge in [0.2, 0.25) is 0 Å². The van der Waals surface area contributed by atoms with E-state index in [0.717, 1.165) is 32.2 Å². The van der Waals surface area contributed by atoms with E-state index in [1.54, 1.807) is 11.0 Å². The number of carbonyl (C=O) groups excluding carboxylic acids is 2. The highest BCUT2D eigenvalue weighted by molar-refractivity contribution is 5.98. The van der Waals surface area contributed by atoms with E-state index >= 15 is 0 Å². The van der Waals surface area contributed by atoms with Gasteiger partial charge < -0.3 is 21.3 Å². The lowest BCUT2D eigenvalue weighted by Crippen LogP contribution is -2.44. The van der Waals surface area contributed by atoms with E-state index in [4.69, 9.17) is 10.3 Å². The maximum Gasteiger partial charge on any atom is 0.448 e. The van der Waals surface area contributed by atoms with Crippen LogP contribution in [0.5, 0.6) is 0 Å². The Balaban J connectivity index is 0.992.